The second-order valence-electron chi connectivity index (χ2n) is 7.29. The molecular weight excluding hydrogens is 402 g/mol. The van der Waals surface area contributed by atoms with Crippen molar-refractivity contribution in [3.05, 3.63) is 102 Å². The number of esters is 1. The van der Waals surface area contributed by atoms with Crippen molar-refractivity contribution in [3.63, 3.8) is 0 Å². The van der Waals surface area contributed by atoms with E-state index in [9.17, 15) is 9.59 Å². The highest BCUT2D eigenvalue weighted by atomic mass is 16.5. The molecule has 1 aromatic heterocycles. The molecule has 0 bridgehead atoms. The van der Waals surface area contributed by atoms with Gasteiger partial charge in [0, 0.05) is 16.8 Å². The number of hydrogen-bond acceptors (Lipinski definition) is 4. The van der Waals surface area contributed by atoms with Gasteiger partial charge in [0.05, 0.1) is 18.0 Å². The summed E-state index contributed by atoms with van der Waals surface area (Å²) in [6.07, 6.45) is 0. The van der Waals surface area contributed by atoms with Crippen molar-refractivity contribution in [1.82, 2.24) is 9.78 Å². The van der Waals surface area contributed by atoms with Crippen LogP contribution in [0.2, 0.25) is 0 Å². The minimum absolute atomic E-state index is 0.192. The molecule has 0 fully saturated rings. The lowest BCUT2D eigenvalue weighted by molar-refractivity contribution is 0.0519. The number of aromatic nitrogens is 2. The first-order valence-corrected chi connectivity index (χ1v) is 10.4. The first kappa shape index (κ1) is 21.1. The molecule has 0 atom stereocenters. The average molecular weight is 425 g/mol. The van der Waals surface area contributed by atoms with Crippen molar-refractivity contribution < 1.29 is 14.3 Å². The molecule has 0 radical (unpaired) electrons. The van der Waals surface area contributed by atoms with Gasteiger partial charge in [0.25, 0.3) is 5.91 Å². The summed E-state index contributed by atoms with van der Waals surface area (Å²) in [5.74, 6) is -0.671. The molecule has 4 rings (SSSR count). The van der Waals surface area contributed by atoms with E-state index in [1.165, 1.54) is 0 Å². The molecule has 0 aliphatic heterocycles. The highest BCUT2D eigenvalue weighted by Gasteiger charge is 2.18. The van der Waals surface area contributed by atoms with Crippen molar-refractivity contribution in [2.45, 2.75) is 13.8 Å². The summed E-state index contributed by atoms with van der Waals surface area (Å²) < 4.78 is 6.86. The predicted molar refractivity (Wildman–Crippen MR) is 124 cm³/mol. The van der Waals surface area contributed by atoms with Gasteiger partial charge in [-0.05, 0) is 61.9 Å². The number of carbonyl (C=O) groups excluding carboxylic acids is 2. The van der Waals surface area contributed by atoms with Crippen molar-refractivity contribution in [2.75, 3.05) is 11.9 Å². The highest BCUT2D eigenvalue weighted by Crippen LogP contribution is 2.27. The number of amides is 1. The van der Waals surface area contributed by atoms with Crippen LogP contribution in [-0.4, -0.2) is 28.3 Å². The van der Waals surface area contributed by atoms with Crippen molar-refractivity contribution >= 4 is 17.6 Å². The normalized spacial score (nSPS) is 10.6. The van der Waals surface area contributed by atoms with Gasteiger partial charge in [-0.15, -0.1) is 0 Å². The third-order valence-corrected chi connectivity index (χ3v) is 4.89. The molecule has 3 aromatic carbocycles. The SMILES string of the molecule is CCOC(=O)c1cc(-c2cccc(NC(=O)c3ccccc3)c2)n(-c2cccc(C)c2)n1. The lowest BCUT2D eigenvalue weighted by Crippen LogP contribution is -2.11. The molecule has 0 aliphatic carbocycles. The number of carbonyl (C=O) groups is 2. The Morgan fingerprint density at radius 3 is 2.47 bits per heavy atom. The molecule has 0 unspecified atom stereocenters. The summed E-state index contributed by atoms with van der Waals surface area (Å²) in [6.45, 7) is 4.03. The third kappa shape index (κ3) is 4.59. The van der Waals surface area contributed by atoms with Crippen molar-refractivity contribution in [1.29, 1.82) is 0 Å². The van der Waals surface area contributed by atoms with Gasteiger partial charge in [0.2, 0.25) is 0 Å². The van der Waals surface area contributed by atoms with E-state index in [1.807, 2.05) is 73.7 Å². The van der Waals surface area contributed by atoms with Gasteiger partial charge in [0.15, 0.2) is 5.69 Å². The Morgan fingerprint density at radius 2 is 1.72 bits per heavy atom. The number of rotatable bonds is 6. The number of ether oxygens (including phenoxy) is 1. The fourth-order valence-electron chi connectivity index (χ4n) is 3.40. The Hall–Kier alpha value is -4.19. The number of aryl methyl sites for hydroxylation is 1. The molecule has 1 heterocycles. The zero-order valence-electron chi connectivity index (χ0n) is 17.9. The van der Waals surface area contributed by atoms with E-state index < -0.39 is 5.97 Å². The number of anilines is 1. The highest BCUT2D eigenvalue weighted by molar-refractivity contribution is 6.04. The van der Waals surface area contributed by atoms with Crippen LogP contribution in [0.4, 0.5) is 5.69 Å². The van der Waals surface area contributed by atoms with Gasteiger partial charge < -0.3 is 10.1 Å². The number of nitrogens with zero attached hydrogens (tertiary/aromatic N) is 2. The van der Waals surface area contributed by atoms with E-state index in [0.717, 1.165) is 22.5 Å². The first-order chi connectivity index (χ1) is 15.5. The Bertz CT molecular complexity index is 1260. The Balaban J connectivity index is 1.73. The van der Waals surface area contributed by atoms with Gasteiger partial charge in [-0.2, -0.15) is 5.10 Å². The number of hydrogen-bond donors (Lipinski definition) is 1. The summed E-state index contributed by atoms with van der Waals surface area (Å²) >= 11 is 0. The zero-order chi connectivity index (χ0) is 22.5. The standard InChI is InChI=1S/C26H23N3O3/c1-3-32-26(31)23-17-24(29(28-23)22-14-7-9-18(2)15-22)20-12-8-13-21(16-20)27-25(30)19-10-5-4-6-11-19/h4-17H,3H2,1-2H3,(H,27,30). The Kier molecular flexibility index (Phi) is 6.12. The largest absolute Gasteiger partial charge is 0.461 e. The van der Waals surface area contributed by atoms with Gasteiger partial charge in [-0.3, -0.25) is 4.79 Å². The number of nitrogens with one attached hydrogen (secondary N) is 1. The average Bonchev–Trinajstić information content (AvgIpc) is 3.26. The molecule has 1 N–H and O–H groups in total. The molecule has 0 saturated heterocycles. The van der Waals surface area contributed by atoms with Crippen LogP contribution in [0.1, 0.15) is 33.3 Å². The van der Waals surface area contributed by atoms with Crippen LogP contribution >= 0.6 is 0 Å². The Labute approximate surface area is 186 Å². The fraction of sp³-hybridized carbons (Fsp3) is 0.115. The molecule has 6 heteroatoms. The van der Waals surface area contributed by atoms with Gasteiger partial charge in [-0.25, -0.2) is 9.48 Å². The summed E-state index contributed by atoms with van der Waals surface area (Å²) in [6, 6.07) is 26.1. The van der Waals surface area contributed by atoms with E-state index in [-0.39, 0.29) is 18.2 Å². The van der Waals surface area contributed by atoms with E-state index in [4.69, 9.17) is 4.74 Å². The molecule has 0 saturated carbocycles. The van der Waals surface area contributed by atoms with Crippen LogP contribution in [-0.2, 0) is 4.74 Å². The molecule has 160 valence electrons. The van der Waals surface area contributed by atoms with Crippen molar-refractivity contribution in [2.24, 2.45) is 0 Å². The maximum atomic E-state index is 12.6. The summed E-state index contributed by atoms with van der Waals surface area (Å²) in [4.78, 5) is 24.9. The molecule has 0 spiro atoms. The van der Waals surface area contributed by atoms with Gasteiger partial charge in [0.1, 0.15) is 0 Å². The molecular formula is C26H23N3O3. The van der Waals surface area contributed by atoms with Crippen LogP contribution < -0.4 is 5.32 Å². The van der Waals surface area contributed by atoms with Crippen LogP contribution in [0.25, 0.3) is 16.9 Å². The zero-order valence-corrected chi connectivity index (χ0v) is 17.9. The second-order valence-corrected chi connectivity index (χ2v) is 7.29. The summed E-state index contributed by atoms with van der Waals surface area (Å²) in [5, 5.41) is 7.44. The van der Waals surface area contributed by atoms with E-state index >= 15 is 0 Å². The quantitative estimate of drug-likeness (QED) is 0.427. The Morgan fingerprint density at radius 1 is 0.938 bits per heavy atom. The van der Waals surface area contributed by atoms with Gasteiger partial charge >= 0.3 is 5.97 Å². The smallest absolute Gasteiger partial charge is 0.358 e. The molecule has 4 aromatic rings. The van der Waals surface area contributed by atoms with Crippen LogP contribution in [0.3, 0.4) is 0 Å². The molecule has 32 heavy (non-hydrogen) atoms. The molecule has 6 nitrogen and oxygen atoms in total. The molecule has 0 aliphatic rings. The molecule has 1 amide bonds. The van der Waals surface area contributed by atoms with Crippen LogP contribution in [0.15, 0.2) is 84.9 Å². The monoisotopic (exact) mass is 425 g/mol. The van der Waals surface area contributed by atoms with Crippen LogP contribution in [0.5, 0.6) is 0 Å². The number of benzene rings is 3. The third-order valence-electron chi connectivity index (χ3n) is 4.89. The topological polar surface area (TPSA) is 73.2 Å². The van der Waals surface area contributed by atoms with E-state index in [2.05, 4.69) is 10.4 Å². The predicted octanol–water partition coefficient (Wildman–Crippen LogP) is 5.28. The summed E-state index contributed by atoms with van der Waals surface area (Å²) in [5.41, 5.74) is 4.87. The minimum Gasteiger partial charge on any atom is -0.461 e. The summed E-state index contributed by atoms with van der Waals surface area (Å²) in [7, 11) is 0. The van der Waals surface area contributed by atoms with E-state index in [1.54, 1.807) is 29.8 Å². The lowest BCUT2D eigenvalue weighted by atomic mass is 10.1. The van der Waals surface area contributed by atoms with Gasteiger partial charge in [-0.1, -0.05) is 42.5 Å². The van der Waals surface area contributed by atoms with Crippen molar-refractivity contribution in [3.8, 4) is 16.9 Å². The van der Waals surface area contributed by atoms with E-state index in [0.29, 0.717) is 11.3 Å². The fourth-order valence-corrected chi connectivity index (χ4v) is 3.40. The maximum Gasteiger partial charge on any atom is 0.358 e. The maximum absolute atomic E-state index is 12.6. The van der Waals surface area contributed by atoms with Crippen LogP contribution in [0, 0.1) is 6.92 Å². The lowest BCUT2D eigenvalue weighted by Gasteiger charge is -2.10. The second kappa shape index (κ2) is 9.31. The minimum atomic E-state index is -0.478. The first-order valence-electron chi connectivity index (χ1n) is 10.4.